The van der Waals surface area contributed by atoms with E-state index in [-0.39, 0.29) is 0 Å². The highest BCUT2D eigenvalue weighted by atomic mass is 16.3. The van der Waals surface area contributed by atoms with Gasteiger partial charge in [0.2, 0.25) is 0 Å². The van der Waals surface area contributed by atoms with E-state index in [1.165, 1.54) is 197 Å². The molecular weight excluding hydrogens is 1470 g/mol. The highest BCUT2D eigenvalue weighted by Crippen LogP contribution is 2.51. The quantitative estimate of drug-likeness (QED) is 0.135. The van der Waals surface area contributed by atoms with Crippen LogP contribution in [-0.4, -0.2) is 0 Å². The topological polar surface area (TPSA) is 26.3 Å². The summed E-state index contributed by atoms with van der Waals surface area (Å²) in [5.74, 6) is 0. The maximum atomic E-state index is 6.50. The van der Waals surface area contributed by atoms with Crippen molar-refractivity contribution < 1.29 is 8.83 Å². The average molecular weight is 1550 g/mol. The Hall–Kier alpha value is -16.0. The van der Waals surface area contributed by atoms with Crippen molar-refractivity contribution in [1.82, 2.24) is 0 Å². The zero-order valence-corrected chi connectivity index (χ0v) is 66.7. The van der Waals surface area contributed by atoms with E-state index >= 15 is 0 Å². The van der Waals surface area contributed by atoms with Gasteiger partial charge in [-0.25, -0.2) is 0 Å². The smallest absolute Gasteiger partial charge is 0.136 e. The van der Waals surface area contributed by atoms with E-state index in [4.69, 9.17) is 8.83 Å². The lowest BCUT2D eigenvalue weighted by Gasteiger charge is -2.20. The van der Waals surface area contributed by atoms with Crippen LogP contribution in [0.2, 0.25) is 0 Å². The lowest BCUT2D eigenvalue weighted by molar-refractivity contribution is 0.669. The summed E-state index contributed by atoms with van der Waals surface area (Å²) in [4.78, 5) is 0. The van der Waals surface area contributed by atoms with Crippen LogP contribution in [0.3, 0.4) is 0 Å². The van der Waals surface area contributed by atoms with Crippen molar-refractivity contribution >= 4 is 141 Å². The predicted octanol–water partition coefficient (Wildman–Crippen LogP) is 34.2. The predicted molar refractivity (Wildman–Crippen MR) is 520 cm³/mol. The number of hydrogen-bond acceptors (Lipinski definition) is 2. The van der Waals surface area contributed by atoms with E-state index in [0.717, 1.165) is 43.9 Å². The Labute approximate surface area is 706 Å². The molecule has 0 spiro atoms. The first kappa shape index (κ1) is 71.3. The van der Waals surface area contributed by atoms with Crippen LogP contribution in [0.1, 0.15) is 0 Å². The molecule has 0 fully saturated rings. The molecule has 0 amide bonds. The lowest BCUT2D eigenvalue weighted by Crippen LogP contribution is -1.92. The Morgan fingerprint density at radius 3 is 1.03 bits per heavy atom. The highest BCUT2D eigenvalue weighted by Gasteiger charge is 2.25. The van der Waals surface area contributed by atoms with E-state index in [9.17, 15) is 0 Å². The van der Waals surface area contributed by atoms with Crippen LogP contribution in [0.5, 0.6) is 0 Å². The Morgan fingerprint density at radius 2 is 0.434 bits per heavy atom. The second-order valence-corrected chi connectivity index (χ2v) is 31.9. The Morgan fingerprint density at radius 1 is 0.115 bits per heavy atom. The Kier molecular flexibility index (Phi) is 17.6. The van der Waals surface area contributed by atoms with Crippen molar-refractivity contribution in [3.8, 4) is 100 Å². The summed E-state index contributed by atoms with van der Waals surface area (Å²) in [6.07, 6.45) is 0. The number of hydrogen-bond donors (Lipinski definition) is 0. The van der Waals surface area contributed by atoms with Gasteiger partial charge in [0, 0.05) is 21.5 Å². The van der Waals surface area contributed by atoms with Crippen molar-refractivity contribution in [3.05, 3.63) is 461 Å². The lowest BCUT2D eigenvalue weighted by atomic mass is 9.83. The molecule has 2 aromatic heterocycles. The van der Waals surface area contributed by atoms with E-state index in [1.807, 2.05) is 12.1 Å². The highest BCUT2D eigenvalue weighted by molar-refractivity contribution is 6.28. The molecule has 0 aliphatic rings. The first-order chi connectivity index (χ1) is 60.5. The summed E-state index contributed by atoms with van der Waals surface area (Å²) in [5, 5.41) is 27.2. The summed E-state index contributed by atoms with van der Waals surface area (Å²) >= 11 is 0. The zero-order chi connectivity index (χ0) is 80.6. The fraction of sp³-hybridized carbons (Fsp3) is 0. The largest absolute Gasteiger partial charge is 0.456 e. The molecule has 0 atom stereocenters. The van der Waals surface area contributed by atoms with Gasteiger partial charge < -0.3 is 8.83 Å². The maximum Gasteiger partial charge on any atom is 0.136 e. The van der Waals surface area contributed by atoms with Crippen molar-refractivity contribution in [3.63, 3.8) is 0 Å². The molecule has 0 aliphatic heterocycles. The number of rotatable bonds is 9. The number of furan rings is 2. The minimum absolute atomic E-state index is 0.913. The monoisotopic (exact) mass is 1550 g/mol. The summed E-state index contributed by atoms with van der Waals surface area (Å²) < 4.78 is 12.6. The van der Waals surface area contributed by atoms with Gasteiger partial charge in [-0.3, -0.25) is 0 Å². The first-order valence-electron chi connectivity index (χ1n) is 42.0. The zero-order valence-electron chi connectivity index (χ0n) is 66.7. The van der Waals surface area contributed by atoms with Crippen molar-refractivity contribution in [2.75, 3.05) is 0 Å². The van der Waals surface area contributed by atoms with Gasteiger partial charge in [0.25, 0.3) is 0 Å². The summed E-state index contributed by atoms with van der Waals surface area (Å²) in [6.45, 7) is 0. The molecule has 0 radical (unpaired) electrons. The third kappa shape index (κ3) is 12.4. The van der Waals surface area contributed by atoms with Crippen LogP contribution in [-0.2, 0) is 0 Å². The van der Waals surface area contributed by atoms with E-state index in [1.54, 1.807) is 0 Å². The molecule has 25 aromatic rings. The minimum Gasteiger partial charge on any atom is -0.456 e. The molecule has 0 unspecified atom stereocenters. The second-order valence-electron chi connectivity index (χ2n) is 31.9. The van der Waals surface area contributed by atoms with Crippen LogP contribution in [0.15, 0.2) is 470 Å². The molecule has 2 nitrogen and oxygen atoms in total. The molecule has 2 heterocycles. The molecule has 0 aliphatic carbocycles. The molecule has 122 heavy (non-hydrogen) atoms. The van der Waals surface area contributed by atoms with Crippen LogP contribution in [0.25, 0.3) is 241 Å². The normalized spacial score (nSPS) is 11.6. The SMILES string of the molecule is c1ccc(-c2c3ccccc3c(-c3ccc4oc5ccccc5c4c3)c3ccccc23)cc1.c1ccc(-c2ccc3c(-c4cccc5ccccc45)c4ccccc4c(-c4ccc(-c5ccc6ccccc6c5)cc4)c3c2)cc1.c1ccc(-c2cccc(-c3c4ccccc4c(-c4cccc5oc6cc7ccccc7cc6c45)c4ccccc34)c2)cc1. The van der Waals surface area contributed by atoms with Gasteiger partial charge in [0.05, 0.1) is 0 Å². The molecule has 0 saturated carbocycles. The second kappa shape index (κ2) is 30.2. The van der Waals surface area contributed by atoms with Gasteiger partial charge in [-0.1, -0.05) is 406 Å². The maximum absolute atomic E-state index is 6.50. The van der Waals surface area contributed by atoms with Crippen LogP contribution >= 0.6 is 0 Å². The van der Waals surface area contributed by atoms with Crippen molar-refractivity contribution in [1.29, 1.82) is 0 Å². The molecule has 23 aromatic carbocycles. The molecule has 0 N–H and O–H groups in total. The molecule has 568 valence electrons. The number of para-hydroxylation sites is 1. The van der Waals surface area contributed by atoms with E-state index in [0.29, 0.717) is 0 Å². The van der Waals surface area contributed by atoms with Gasteiger partial charge in [-0.2, -0.15) is 0 Å². The standard InChI is InChI=1S/C46H30.C42H26O.C32H20O/c1-2-11-31(12-3-1)38-27-28-43-44(30-38)45(35-24-21-33(22-25-35)37-26-23-32-13-4-5-15-36(32)29-37)41-18-8-9-19-42(41)46(43)40-20-10-16-34-14-6-7-17-39(34)40;1-2-12-27(13-3-1)28-16-10-17-31(24-28)40-32-18-6-8-20-34(32)41(35-21-9-7-19-33(35)40)36-22-11-23-38-42(36)37-25-29-14-4-5-15-30(29)26-39(37)43-38;1-2-10-21(11-3-1)31-24-13-4-6-15-26(24)32(27-16-7-5-14-25(27)31)22-18-19-30-28(20-22)23-12-8-9-17-29(23)33-30/h1-30H;1-26H;1-20H. The molecular formula is C120H76O2. The van der Waals surface area contributed by atoms with Gasteiger partial charge in [0.1, 0.15) is 22.3 Å². The number of fused-ring (bicyclic) bond motifs is 15. The Bertz CT molecular complexity index is 8300. The van der Waals surface area contributed by atoms with Crippen molar-refractivity contribution in [2.45, 2.75) is 0 Å². The first-order valence-corrected chi connectivity index (χ1v) is 42.0. The van der Waals surface area contributed by atoms with Gasteiger partial charge >= 0.3 is 0 Å². The van der Waals surface area contributed by atoms with E-state index in [2.05, 4.69) is 449 Å². The third-order valence-electron chi connectivity index (χ3n) is 24.9. The fourth-order valence-corrected chi connectivity index (χ4v) is 19.4. The molecule has 0 bridgehead atoms. The fourth-order valence-electron chi connectivity index (χ4n) is 19.4. The van der Waals surface area contributed by atoms with Crippen LogP contribution < -0.4 is 0 Å². The minimum atomic E-state index is 0.913. The van der Waals surface area contributed by atoms with Crippen molar-refractivity contribution in [2.24, 2.45) is 0 Å². The van der Waals surface area contributed by atoms with Gasteiger partial charge in [-0.15, -0.1) is 0 Å². The number of benzene rings is 23. The molecule has 25 rings (SSSR count). The molecule has 2 heteroatoms. The Balaban J connectivity index is 0.000000108. The summed E-state index contributed by atoms with van der Waals surface area (Å²) in [6, 6.07) is 166. The average Bonchev–Trinajstić information content (AvgIpc) is 1.05. The van der Waals surface area contributed by atoms with E-state index < -0.39 is 0 Å². The van der Waals surface area contributed by atoms with Gasteiger partial charge in [0.15, 0.2) is 0 Å². The summed E-state index contributed by atoms with van der Waals surface area (Å²) in [7, 11) is 0. The third-order valence-corrected chi connectivity index (χ3v) is 24.9. The summed E-state index contributed by atoms with van der Waals surface area (Å²) in [5.41, 5.74) is 26.0. The van der Waals surface area contributed by atoms with Gasteiger partial charge in [-0.05, 0) is 252 Å². The van der Waals surface area contributed by atoms with Crippen LogP contribution in [0.4, 0.5) is 0 Å². The van der Waals surface area contributed by atoms with Crippen LogP contribution in [0, 0.1) is 0 Å². The molecule has 0 saturated heterocycles.